The minimum Gasteiger partial charge on any atom is -0.355 e. The normalized spacial score (nSPS) is 22.6. The Hall–Kier alpha value is -1.76. The molecule has 0 bridgehead atoms. The molecular formula is C16H21F2N5. The number of aromatic amines is 1. The zero-order valence-electron chi connectivity index (χ0n) is 13.0. The van der Waals surface area contributed by atoms with Crippen molar-refractivity contribution in [1.82, 2.24) is 20.3 Å². The minimum absolute atomic E-state index is 0.110. The van der Waals surface area contributed by atoms with Crippen LogP contribution in [0.15, 0.2) is 12.4 Å². The zero-order valence-corrected chi connectivity index (χ0v) is 13.0. The van der Waals surface area contributed by atoms with E-state index in [1.807, 2.05) is 11.1 Å². The topological polar surface area (TPSA) is 56.8 Å². The van der Waals surface area contributed by atoms with Crippen molar-refractivity contribution in [2.24, 2.45) is 0 Å². The van der Waals surface area contributed by atoms with Gasteiger partial charge >= 0.3 is 0 Å². The van der Waals surface area contributed by atoms with Gasteiger partial charge in [0.2, 0.25) is 0 Å². The summed E-state index contributed by atoms with van der Waals surface area (Å²) in [5, 5.41) is 3.37. The largest absolute Gasteiger partial charge is 0.355 e. The lowest BCUT2D eigenvalue weighted by Crippen LogP contribution is -2.39. The number of hydrogen-bond acceptors (Lipinski definition) is 4. The second-order valence-corrected chi connectivity index (χ2v) is 6.54. The van der Waals surface area contributed by atoms with Crippen LogP contribution >= 0.6 is 0 Å². The molecule has 2 aliphatic heterocycles. The van der Waals surface area contributed by atoms with Crippen LogP contribution in [0.3, 0.4) is 0 Å². The molecule has 0 unspecified atom stereocenters. The summed E-state index contributed by atoms with van der Waals surface area (Å²) in [6, 6.07) is 0. The number of hydrogen-bond donors (Lipinski definition) is 2. The monoisotopic (exact) mass is 321 g/mol. The van der Waals surface area contributed by atoms with Crippen molar-refractivity contribution in [2.75, 3.05) is 31.1 Å². The van der Waals surface area contributed by atoms with Crippen LogP contribution in [0.5, 0.6) is 0 Å². The Bertz CT molecular complexity index is 683. The molecule has 7 heteroatoms. The van der Waals surface area contributed by atoms with E-state index in [2.05, 4.69) is 15.3 Å². The van der Waals surface area contributed by atoms with Crippen LogP contribution in [-0.2, 0) is 0 Å². The summed E-state index contributed by atoms with van der Waals surface area (Å²) in [4.78, 5) is 14.3. The molecule has 23 heavy (non-hydrogen) atoms. The number of halogens is 2. The average Bonchev–Trinajstić information content (AvgIpc) is 2.99. The van der Waals surface area contributed by atoms with E-state index in [9.17, 15) is 8.78 Å². The van der Waals surface area contributed by atoms with Crippen LogP contribution in [0, 0.1) is 0 Å². The van der Waals surface area contributed by atoms with Gasteiger partial charge in [-0.05, 0) is 31.8 Å². The fourth-order valence-electron chi connectivity index (χ4n) is 3.56. The van der Waals surface area contributed by atoms with Crippen molar-refractivity contribution in [3.8, 4) is 0 Å². The van der Waals surface area contributed by atoms with Crippen LogP contribution in [0.1, 0.15) is 37.2 Å². The van der Waals surface area contributed by atoms with Crippen molar-refractivity contribution >= 4 is 17.0 Å². The van der Waals surface area contributed by atoms with Gasteiger partial charge in [-0.2, -0.15) is 0 Å². The predicted octanol–water partition coefficient (Wildman–Crippen LogP) is 2.66. The summed E-state index contributed by atoms with van der Waals surface area (Å²) in [6.07, 6.45) is 5.66. The maximum atomic E-state index is 13.3. The second-order valence-electron chi connectivity index (χ2n) is 6.54. The standard InChI is InChI=1S/C16H21F2N5/c17-16(18)3-7-23(8-4-16)13-10-21-15-14(22-13)12(9-20-15)11-1-5-19-6-2-11/h9-11,19H,1-8H2,(H,20,21). The molecule has 2 aromatic heterocycles. The van der Waals surface area contributed by atoms with E-state index in [1.54, 1.807) is 6.20 Å². The first-order valence-corrected chi connectivity index (χ1v) is 8.30. The van der Waals surface area contributed by atoms with E-state index in [1.165, 1.54) is 5.56 Å². The smallest absolute Gasteiger partial charge is 0.251 e. The molecule has 2 aliphatic rings. The number of anilines is 1. The first-order chi connectivity index (χ1) is 11.1. The van der Waals surface area contributed by atoms with Crippen LogP contribution in [-0.4, -0.2) is 47.1 Å². The molecule has 0 spiro atoms. The molecule has 0 saturated carbocycles. The van der Waals surface area contributed by atoms with Gasteiger partial charge in [-0.1, -0.05) is 0 Å². The van der Waals surface area contributed by atoms with Crippen molar-refractivity contribution in [3.63, 3.8) is 0 Å². The van der Waals surface area contributed by atoms with Gasteiger partial charge < -0.3 is 15.2 Å². The van der Waals surface area contributed by atoms with Crippen molar-refractivity contribution in [2.45, 2.75) is 37.5 Å². The molecule has 124 valence electrons. The Morgan fingerprint density at radius 3 is 2.65 bits per heavy atom. The lowest BCUT2D eigenvalue weighted by molar-refractivity contribution is -0.0221. The van der Waals surface area contributed by atoms with Crippen molar-refractivity contribution in [3.05, 3.63) is 18.0 Å². The molecule has 0 aromatic carbocycles. The zero-order chi connectivity index (χ0) is 15.9. The molecule has 4 rings (SSSR count). The maximum Gasteiger partial charge on any atom is 0.251 e. The van der Waals surface area contributed by atoms with E-state index in [-0.39, 0.29) is 12.8 Å². The van der Waals surface area contributed by atoms with Gasteiger partial charge in [0.1, 0.15) is 11.3 Å². The van der Waals surface area contributed by atoms with E-state index in [4.69, 9.17) is 4.98 Å². The third-order valence-electron chi connectivity index (χ3n) is 5.00. The first kappa shape index (κ1) is 14.8. The van der Waals surface area contributed by atoms with Crippen LogP contribution in [0.25, 0.3) is 11.2 Å². The number of piperidine rings is 2. The van der Waals surface area contributed by atoms with Gasteiger partial charge in [-0.15, -0.1) is 0 Å². The molecule has 2 aromatic rings. The highest BCUT2D eigenvalue weighted by Gasteiger charge is 2.34. The summed E-state index contributed by atoms with van der Waals surface area (Å²) < 4.78 is 26.7. The number of fused-ring (bicyclic) bond motifs is 1. The van der Waals surface area contributed by atoms with Gasteiger partial charge in [-0.25, -0.2) is 18.7 Å². The molecule has 2 saturated heterocycles. The van der Waals surface area contributed by atoms with Gasteiger partial charge in [0.05, 0.1) is 6.20 Å². The van der Waals surface area contributed by atoms with E-state index >= 15 is 0 Å². The van der Waals surface area contributed by atoms with Crippen LogP contribution in [0.4, 0.5) is 14.6 Å². The van der Waals surface area contributed by atoms with Gasteiger partial charge in [0.25, 0.3) is 5.92 Å². The second kappa shape index (κ2) is 5.70. The number of alkyl halides is 2. The number of H-pyrrole nitrogens is 1. The number of nitrogens with zero attached hydrogens (tertiary/aromatic N) is 3. The van der Waals surface area contributed by atoms with Gasteiger partial charge in [-0.3, -0.25) is 0 Å². The predicted molar refractivity (Wildman–Crippen MR) is 85.1 cm³/mol. The summed E-state index contributed by atoms with van der Waals surface area (Å²) >= 11 is 0. The summed E-state index contributed by atoms with van der Waals surface area (Å²) in [5.74, 6) is -1.34. The summed E-state index contributed by atoms with van der Waals surface area (Å²) in [7, 11) is 0. The maximum absolute atomic E-state index is 13.3. The van der Waals surface area contributed by atoms with E-state index in [0.29, 0.717) is 24.8 Å². The van der Waals surface area contributed by atoms with Crippen molar-refractivity contribution < 1.29 is 8.78 Å². The third kappa shape index (κ3) is 2.89. The third-order valence-corrected chi connectivity index (χ3v) is 5.00. The highest BCUT2D eigenvalue weighted by molar-refractivity contribution is 5.77. The lowest BCUT2D eigenvalue weighted by atomic mass is 9.91. The molecular weight excluding hydrogens is 300 g/mol. The molecule has 2 N–H and O–H groups in total. The Morgan fingerprint density at radius 2 is 1.91 bits per heavy atom. The lowest BCUT2D eigenvalue weighted by Gasteiger charge is -2.32. The molecule has 0 amide bonds. The van der Waals surface area contributed by atoms with E-state index in [0.717, 1.165) is 37.1 Å². The Balaban J connectivity index is 1.62. The number of aromatic nitrogens is 3. The van der Waals surface area contributed by atoms with Crippen molar-refractivity contribution in [1.29, 1.82) is 0 Å². The molecule has 5 nitrogen and oxygen atoms in total. The molecule has 2 fully saturated rings. The molecule has 0 atom stereocenters. The number of nitrogens with one attached hydrogen (secondary N) is 2. The fourth-order valence-corrected chi connectivity index (χ4v) is 3.56. The van der Waals surface area contributed by atoms with E-state index < -0.39 is 5.92 Å². The Kier molecular flexibility index (Phi) is 3.67. The molecule has 4 heterocycles. The first-order valence-electron chi connectivity index (χ1n) is 8.30. The quantitative estimate of drug-likeness (QED) is 0.893. The van der Waals surface area contributed by atoms with Gasteiger partial charge in [0, 0.05) is 37.7 Å². The SMILES string of the molecule is FC1(F)CCN(c2cnc3[nH]cc(C4CCNCC4)c3n2)CC1. The number of rotatable bonds is 2. The summed E-state index contributed by atoms with van der Waals surface area (Å²) in [6.45, 7) is 2.71. The highest BCUT2D eigenvalue weighted by atomic mass is 19.3. The average molecular weight is 321 g/mol. The Morgan fingerprint density at radius 1 is 1.17 bits per heavy atom. The Labute approximate surface area is 133 Å². The highest BCUT2D eigenvalue weighted by Crippen LogP contribution is 2.33. The minimum atomic E-state index is -2.54. The van der Waals surface area contributed by atoms with Crippen LogP contribution < -0.4 is 10.2 Å². The van der Waals surface area contributed by atoms with Gasteiger partial charge in [0.15, 0.2) is 5.65 Å². The fraction of sp³-hybridized carbons (Fsp3) is 0.625. The van der Waals surface area contributed by atoms with Crippen LogP contribution in [0.2, 0.25) is 0 Å². The molecule has 0 aliphatic carbocycles. The summed E-state index contributed by atoms with van der Waals surface area (Å²) in [5.41, 5.74) is 2.88. The molecule has 0 radical (unpaired) electrons.